The lowest BCUT2D eigenvalue weighted by atomic mass is 10.1. The molecular weight excluding hydrogens is 545 g/mol. The van der Waals surface area contributed by atoms with Gasteiger partial charge in [0.15, 0.2) is 0 Å². The van der Waals surface area contributed by atoms with Crippen LogP contribution in [0.5, 0.6) is 0 Å². The van der Waals surface area contributed by atoms with E-state index in [1.165, 1.54) is 10.4 Å². The second-order valence-electron chi connectivity index (χ2n) is 9.57. The summed E-state index contributed by atoms with van der Waals surface area (Å²) in [5, 5.41) is 11.1. The van der Waals surface area contributed by atoms with Crippen LogP contribution >= 0.6 is 0 Å². The summed E-state index contributed by atoms with van der Waals surface area (Å²) in [7, 11) is -3.78. The first-order valence-electron chi connectivity index (χ1n) is 12.9. The number of halogens is 3. The normalized spacial score (nSPS) is 16.4. The highest BCUT2D eigenvalue weighted by Gasteiger charge is 2.36. The number of anilines is 1. The van der Waals surface area contributed by atoms with Crippen molar-refractivity contribution in [3.05, 3.63) is 84.1 Å². The van der Waals surface area contributed by atoms with Crippen molar-refractivity contribution in [2.75, 3.05) is 36.8 Å². The van der Waals surface area contributed by atoms with Crippen molar-refractivity contribution in [2.24, 2.45) is 0 Å². The van der Waals surface area contributed by atoms with Crippen molar-refractivity contribution < 1.29 is 31.5 Å². The largest absolute Gasteiger partial charge is 0.417 e. The molecule has 13 heteroatoms. The number of nitrogens with zero attached hydrogens (tertiary/aromatic N) is 6. The lowest BCUT2D eigenvalue weighted by Gasteiger charge is -2.35. The van der Waals surface area contributed by atoms with E-state index in [2.05, 4.69) is 15.0 Å². The molecule has 0 amide bonds. The molecule has 0 spiro atoms. The summed E-state index contributed by atoms with van der Waals surface area (Å²) in [6.07, 6.45) is 1.09. The zero-order valence-electron chi connectivity index (χ0n) is 22.1. The number of hydrogen-bond donors (Lipinski definition) is 1. The van der Waals surface area contributed by atoms with Gasteiger partial charge in [0, 0.05) is 70.1 Å². The summed E-state index contributed by atoms with van der Waals surface area (Å²) in [6.45, 7) is 2.62. The first-order chi connectivity index (χ1) is 19.0. The molecule has 1 N–H and O–H groups in total. The fourth-order valence-electron chi connectivity index (χ4n) is 4.60. The van der Waals surface area contributed by atoms with Crippen LogP contribution in [0.2, 0.25) is 0 Å². The molecule has 9 nitrogen and oxygen atoms in total. The molecule has 1 saturated heterocycles. The molecule has 0 radical (unpaired) electrons. The molecule has 1 fully saturated rings. The Bertz CT molecular complexity index is 1380. The van der Waals surface area contributed by atoms with Crippen molar-refractivity contribution in [1.82, 2.24) is 19.3 Å². The smallest absolute Gasteiger partial charge is 0.354 e. The van der Waals surface area contributed by atoms with Crippen LogP contribution in [0.4, 0.5) is 19.0 Å². The molecule has 1 atom stereocenters. The topological polar surface area (TPSA) is 103 Å². The van der Waals surface area contributed by atoms with Crippen molar-refractivity contribution >= 4 is 21.6 Å². The summed E-state index contributed by atoms with van der Waals surface area (Å²) in [4.78, 5) is 14.1. The van der Waals surface area contributed by atoms with E-state index in [0.717, 1.165) is 22.6 Å². The average Bonchev–Trinajstić information content (AvgIpc) is 2.96. The third-order valence-electron chi connectivity index (χ3n) is 6.87. The van der Waals surface area contributed by atoms with Gasteiger partial charge in [0.25, 0.3) is 0 Å². The molecule has 214 valence electrons. The van der Waals surface area contributed by atoms with Gasteiger partial charge in [-0.25, -0.2) is 23.4 Å². The second-order valence-corrected chi connectivity index (χ2v) is 11.6. The zero-order valence-corrected chi connectivity index (χ0v) is 22.9. The van der Waals surface area contributed by atoms with Crippen LogP contribution < -0.4 is 4.90 Å². The van der Waals surface area contributed by atoms with Crippen LogP contribution in [0.25, 0.3) is 0 Å². The summed E-state index contributed by atoms with van der Waals surface area (Å²) in [6, 6.07) is 12.5. The fraction of sp³-hybridized carbons (Fsp3) is 0.407. The van der Waals surface area contributed by atoms with Crippen molar-refractivity contribution in [3.63, 3.8) is 0 Å². The second kappa shape index (κ2) is 12.7. The fourth-order valence-corrected chi connectivity index (χ4v) is 6.33. The van der Waals surface area contributed by atoms with Gasteiger partial charge in [-0.15, -0.1) is 0 Å². The number of benzene rings is 1. The SMILES string of the molecule is C/C(c1ccccc1)=[N+](\O)C(CCCc1ncccn1)CS(=O)(=O)N1CCN(c2ccc(C(F)(F)F)cn2)CC1. The van der Waals surface area contributed by atoms with Crippen LogP contribution in [0, 0.1) is 0 Å². The highest BCUT2D eigenvalue weighted by Crippen LogP contribution is 2.29. The number of piperazine rings is 1. The molecule has 0 aliphatic carbocycles. The molecular formula is C27H32F3N6O3S+. The maximum absolute atomic E-state index is 13.5. The number of aromatic nitrogens is 3. The third-order valence-corrected chi connectivity index (χ3v) is 8.83. The number of hydroxylamine groups is 1. The molecule has 3 aromatic rings. The molecule has 1 aliphatic rings. The van der Waals surface area contributed by atoms with E-state index in [-0.39, 0.29) is 31.9 Å². The van der Waals surface area contributed by atoms with Crippen molar-refractivity contribution in [3.8, 4) is 0 Å². The Labute approximate surface area is 231 Å². The van der Waals surface area contributed by atoms with Gasteiger partial charge in [0.05, 0.1) is 5.56 Å². The Hall–Kier alpha value is -3.58. The standard InChI is InChI=1S/C27H32F3N6O3S/c1-21(22-7-3-2-4-8-22)36(37)24(9-5-10-25-31-13-6-14-32-25)20-40(38,39)35-17-15-34(16-18-35)26-12-11-23(19-33-26)27(28,29)30/h2-4,6-8,11-14,19,24,37H,5,9-10,15-18,20H2,1H3/q+1/b36-21+. The summed E-state index contributed by atoms with van der Waals surface area (Å²) < 4.78 is 68.0. The first-order valence-corrected chi connectivity index (χ1v) is 14.5. The minimum atomic E-state index is -4.47. The Morgan fingerprint density at radius 1 is 1.00 bits per heavy atom. The number of aryl methyl sites for hydroxylation is 1. The Morgan fingerprint density at radius 3 is 2.27 bits per heavy atom. The average molecular weight is 578 g/mol. The van der Waals surface area contributed by atoms with Gasteiger partial charge in [-0.3, -0.25) is 5.21 Å². The highest BCUT2D eigenvalue weighted by molar-refractivity contribution is 7.89. The molecule has 4 rings (SSSR count). The molecule has 0 saturated carbocycles. The molecule has 1 unspecified atom stereocenters. The Kier molecular flexibility index (Phi) is 9.36. The minimum Gasteiger partial charge on any atom is -0.354 e. The van der Waals surface area contributed by atoms with Gasteiger partial charge in [0.1, 0.15) is 17.4 Å². The number of sulfonamides is 1. The summed E-state index contributed by atoms with van der Waals surface area (Å²) in [5.41, 5.74) is 0.477. The van der Waals surface area contributed by atoms with Gasteiger partial charge in [-0.2, -0.15) is 17.5 Å². The lowest BCUT2D eigenvalue weighted by molar-refractivity contribution is -0.796. The predicted octanol–water partition coefficient (Wildman–Crippen LogP) is 3.64. The van der Waals surface area contributed by atoms with Crippen molar-refractivity contribution in [1.29, 1.82) is 0 Å². The minimum absolute atomic E-state index is 0.155. The molecule has 2 aromatic heterocycles. The quantitative estimate of drug-likeness (QED) is 0.170. The van der Waals surface area contributed by atoms with E-state index in [1.807, 2.05) is 30.3 Å². The number of rotatable bonds is 10. The molecule has 1 aliphatic heterocycles. The first kappa shape index (κ1) is 29.4. The van der Waals surface area contributed by atoms with Crippen LogP contribution in [0.15, 0.2) is 67.1 Å². The monoisotopic (exact) mass is 577 g/mol. The number of hydrogen-bond acceptors (Lipinski definition) is 7. The molecule has 0 bridgehead atoms. The van der Waals surface area contributed by atoms with E-state index in [1.54, 1.807) is 30.3 Å². The third kappa shape index (κ3) is 7.54. The van der Waals surface area contributed by atoms with Crippen LogP contribution in [0.3, 0.4) is 0 Å². The lowest BCUT2D eigenvalue weighted by Crippen LogP contribution is -2.51. The highest BCUT2D eigenvalue weighted by atomic mass is 32.2. The Balaban J connectivity index is 1.45. The van der Waals surface area contributed by atoms with E-state index in [4.69, 9.17) is 0 Å². The van der Waals surface area contributed by atoms with E-state index >= 15 is 0 Å². The van der Waals surface area contributed by atoms with Gasteiger partial charge in [-0.1, -0.05) is 18.2 Å². The maximum atomic E-state index is 13.5. The van der Waals surface area contributed by atoms with Crippen LogP contribution in [-0.2, 0) is 22.6 Å². The van der Waals surface area contributed by atoms with Gasteiger partial charge < -0.3 is 4.90 Å². The molecule has 1 aromatic carbocycles. The predicted molar refractivity (Wildman–Crippen MR) is 144 cm³/mol. The molecule has 3 heterocycles. The van der Waals surface area contributed by atoms with E-state index in [0.29, 0.717) is 36.6 Å². The molecule has 40 heavy (non-hydrogen) atoms. The van der Waals surface area contributed by atoms with Crippen LogP contribution in [-0.4, -0.2) is 81.3 Å². The van der Waals surface area contributed by atoms with Gasteiger partial charge >= 0.3 is 6.18 Å². The van der Waals surface area contributed by atoms with Gasteiger partial charge in [0.2, 0.25) is 21.8 Å². The van der Waals surface area contributed by atoms with E-state index in [9.17, 15) is 26.8 Å². The van der Waals surface area contributed by atoms with Crippen LogP contribution in [0.1, 0.15) is 36.7 Å². The summed E-state index contributed by atoms with van der Waals surface area (Å²) in [5.74, 6) is 0.702. The maximum Gasteiger partial charge on any atom is 0.417 e. The van der Waals surface area contributed by atoms with Gasteiger partial charge in [-0.05, 0) is 41.5 Å². The zero-order chi connectivity index (χ0) is 28.8. The Morgan fingerprint density at radius 2 is 1.68 bits per heavy atom. The number of pyridine rings is 1. The van der Waals surface area contributed by atoms with Crippen molar-refractivity contribution in [2.45, 2.75) is 38.4 Å². The summed E-state index contributed by atoms with van der Waals surface area (Å²) >= 11 is 0. The van der Waals surface area contributed by atoms with E-state index < -0.39 is 27.8 Å². The number of alkyl halides is 3.